The molecule has 2 amide bonds. The molecule has 0 saturated carbocycles. The van der Waals surface area contributed by atoms with E-state index in [9.17, 15) is 19.5 Å². The summed E-state index contributed by atoms with van der Waals surface area (Å²) in [5.74, 6) is -1.47. The number of nitrogens with zero attached hydrogens (tertiary/aromatic N) is 2. The SMILES string of the molecule is CC(=O)N(CCC(=O)N1CCOC[C@H]1C(=O)O)Cc1ccccc1. The van der Waals surface area contributed by atoms with Crippen molar-refractivity contribution < 1.29 is 24.2 Å². The number of rotatable bonds is 6. The molecule has 0 spiro atoms. The predicted molar refractivity (Wildman–Crippen MR) is 86.1 cm³/mol. The summed E-state index contributed by atoms with van der Waals surface area (Å²) in [5, 5.41) is 9.18. The minimum absolute atomic E-state index is 0.00150. The predicted octanol–water partition coefficient (Wildman–Crippen LogP) is 0.737. The highest BCUT2D eigenvalue weighted by molar-refractivity contribution is 5.84. The molecule has 1 aromatic carbocycles. The van der Waals surface area contributed by atoms with Gasteiger partial charge in [-0.2, -0.15) is 0 Å². The van der Waals surface area contributed by atoms with E-state index in [0.717, 1.165) is 5.56 Å². The Labute approximate surface area is 140 Å². The summed E-state index contributed by atoms with van der Waals surface area (Å²) >= 11 is 0. The third-order valence-corrected chi connectivity index (χ3v) is 3.99. The number of carboxylic acids is 1. The molecule has 130 valence electrons. The standard InChI is InChI=1S/C17H22N2O5/c1-13(20)18(11-14-5-3-2-4-6-14)8-7-16(21)19-9-10-24-12-15(19)17(22)23/h2-6,15H,7-12H2,1H3,(H,22,23)/t15-/m0/s1. The Hall–Kier alpha value is -2.41. The van der Waals surface area contributed by atoms with E-state index in [2.05, 4.69) is 0 Å². The molecule has 24 heavy (non-hydrogen) atoms. The molecule has 2 rings (SSSR count). The Morgan fingerprint density at radius 1 is 1.29 bits per heavy atom. The molecule has 1 saturated heterocycles. The zero-order valence-corrected chi connectivity index (χ0v) is 13.7. The van der Waals surface area contributed by atoms with Gasteiger partial charge in [0.1, 0.15) is 0 Å². The topological polar surface area (TPSA) is 87.2 Å². The van der Waals surface area contributed by atoms with Crippen LogP contribution in [0, 0.1) is 0 Å². The van der Waals surface area contributed by atoms with Gasteiger partial charge in [0.05, 0.1) is 13.2 Å². The Kier molecular flexibility index (Phi) is 6.31. The molecule has 1 aliphatic rings. The molecule has 0 aliphatic carbocycles. The van der Waals surface area contributed by atoms with Crippen LogP contribution in [0.25, 0.3) is 0 Å². The first kappa shape index (κ1) is 17.9. The van der Waals surface area contributed by atoms with Crippen molar-refractivity contribution in [2.24, 2.45) is 0 Å². The molecular weight excluding hydrogens is 312 g/mol. The zero-order chi connectivity index (χ0) is 17.5. The van der Waals surface area contributed by atoms with Gasteiger partial charge in [-0.25, -0.2) is 4.79 Å². The fourth-order valence-electron chi connectivity index (χ4n) is 2.63. The van der Waals surface area contributed by atoms with E-state index in [1.54, 1.807) is 4.90 Å². The van der Waals surface area contributed by atoms with Crippen molar-refractivity contribution in [1.29, 1.82) is 0 Å². The fourth-order valence-corrected chi connectivity index (χ4v) is 2.63. The molecule has 1 N–H and O–H groups in total. The largest absolute Gasteiger partial charge is 0.480 e. The lowest BCUT2D eigenvalue weighted by atomic mass is 10.2. The van der Waals surface area contributed by atoms with Crippen molar-refractivity contribution in [3.63, 3.8) is 0 Å². The van der Waals surface area contributed by atoms with Crippen LogP contribution in [-0.4, -0.2) is 65.0 Å². The Balaban J connectivity index is 1.94. The number of benzene rings is 1. The van der Waals surface area contributed by atoms with Gasteiger partial charge in [-0.05, 0) is 5.56 Å². The van der Waals surface area contributed by atoms with Crippen LogP contribution in [0.5, 0.6) is 0 Å². The van der Waals surface area contributed by atoms with E-state index in [1.807, 2.05) is 30.3 Å². The molecule has 1 heterocycles. The minimum Gasteiger partial charge on any atom is -0.480 e. The Bertz CT molecular complexity index is 590. The maximum Gasteiger partial charge on any atom is 0.328 e. The van der Waals surface area contributed by atoms with E-state index in [0.29, 0.717) is 13.2 Å². The van der Waals surface area contributed by atoms with Gasteiger partial charge in [0.25, 0.3) is 0 Å². The summed E-state index contributed by atoms with van der Waals surface area (Å²) in [6.45, 7) is 2.73. The van der Waals surface area contributed by atoms with Crippen LogP contribution >= 0.6 is 0 Å². The quantitative estimate of drug-likeness (QED) is 0.829. The van der Waals surface area contributed by atoms with Crippen LogP contribution in [0.15, 0.2) is 30.3 Å². The molecular formula is C17H22N2O5. The molecule has 7 nitrogen and oxygen atoms in total. The van der Waals surface area contributed by atoms with Gasteiger partial charge in [-0.1, -0.05) is 30.3 Å². The number of carbonyl (C=O) groups is 3. The average molecular weight is 334 g/mol. The number of aliphatic carboxylic acids is 1. The van der Waals surface area contributed by atoms with Crippen molar-refractivity contribution in [3.8, 4) is 0 Å². The molecule has 1 fully saturated rings. The average Bonchev–Trinajstić information content (AvgIpc) is 2.58. The summed E-state index contributed by atoms with van der Waals surface area (Å²) in [6.07, 6.45) is 0.0934. The van der Waals surface area contributed by atoms with Crippen LogP contribution in [0.1, 0.15) is 18.9 Å². The van der Waals surface area contributed by atoms with Gasteiger partial charge in [0.2, 0.25) is 11.8 Å². The first-order valence-corrected chi connectivity index (χ1v) is 7.88. The fraction of sp³-hybridized carbons (Fsp3) is 0.471. The molecule has 0 aromatic heterocycles. The number of amides is 2. The second kappa shape index (κ2) is 8.44. The second-order valence-electron chi connectivity index (χ2n) is 5.69. The van der Waals surface area contributed by atoms with Crippen molar-refractivity contribution in [3.05, 3.63) is 35.9 Å². The zero-order valence-electron chi connectivity index (χ0n) is 13.7. The molecule has 1 atom stereocenters. The van der Waals surface area contributed by atoms with E-state index in [4.69, 9.17) is 4.74 Å². The van der Waals surface area contributed by atoms with E-state index in [1.165, 1.54) is 11.8 Å². The Morgan fingerprint density at radius 2 is 2.00 bits per heavy atom. The number of carboxylic acid groups (broad SMARTS) is 1. The van der Waals surface area contributed by atoms with Crippen molar-refractivity contribution in [1.82, 2.24) is 9.80 Å². The molecule has 7 heteroatoms. The lowest BCUT2D eigenvalue weighted by Crippen LogP contribution is -2.53. The smallest absolute Gasteiger partial charge is 0.328 e. The highest BCUT2D eigenvalue weighted by Crippen LogP contribution is 2.11. The highest BCUT2D eigenvalue weighted by Gasteiger charge is 2.32. The van der Waals surface area contributed by atoms with Crippen molar-refractivity contribution >= 4 is 17.8 Å². The van der Waals surface area contributed by atoms with E-state index >= 15 is 0 Å². The molecule has 0 bridgehead atoms. The van der Waals surface area contributed by atoms with Crippen molar-refractivity contribution in [2.45, 2.75) is 25.9 Å². The summed E-state index contributed by atoms with van der Waals surface area (Å²) in [4.78, 5) is 38.3. The van der Waals surface area contributed by atoms with Gasteiger partial charge in [-0.3, -0.25) is 9.59 Å². The number of morpholine rings is 1. The number of hydrogen-bond acceptors (Lipinski definition) is 4. The molecule has 1 aromatic rings. The summed E-state index contributed by atoms with van der Waals surface area (Å²) in [6, 6.07) is 8.57. The van der Waals surface area contributed by atoms with Gasteiger partial charge < -0.3 is 19.6 Å². The maximum atomic E-state index is 12.4. The third-order valence-electron chi connectivity index (χ3n) is 3.99. The molecule has 0 unspecified atom stereocenters. The third kappa shape index (κ3) is 4.79. The number of carbonyl (C=O) groups excluding carboxylic acids is 2. The lowest BCUT2D eigenvalue weighted by Gasteiger charge is -2.33. The lowest BCUT2D eigenvalue weighted by molar-refractivity contribution is -0.158. The maximum absolute atomic E-state index is 12.4. The number of hydrogen-bond donors (Lipinski definition) is 1. The molecule has 1 aliphatic heterocycles. The van der Waals surface area contributed by atoms with Crippen LogP contribution in [0.4, 0.5) is 0 Å². The minimum atomic E-state index is -1.07. The van der Waals surface area contributed by atoms with Crippen LogP contribution in [-0.2, 0) is 25.7 Å². The summed E-state index contributed by atoms with van der Waals surface area (Å²) in [5.41, 5.74) is 0.981. The molecule has 0 radical (unpaired) electrons. The first-order chi connectivity index (χ1) is 11.5. The van der Waals surface area contributed by atoms with Crippen LogP contribution in [0.2, 0.25) is 0 Å². The first-order valence-electron chi connectivity index (χ1n) is 7.88. The van der Waals surface area contributed by atoms with Crippen LogP contribution < -0.4 is 0 Å². The highest BCUT2D eigenvalue weighted by atomic mass is 16.5. The van der Waals surface area contributed by atoms with Crippen molar-refractivity contribution in [2.75, 3.05) is 26.3 Å². The number of ether oxygens (including phenoxy) is 1. The van der Waals surface area contributed by atoms with Gasteiger partial charge in [0, 0.05) is 33.0 Å². The van der Waals surface area contributed by atoms with Gasteiger partial charge in [0.15, 0.2) is 6.04 Å². The Morgan fingerprint density at radius 3 is 2.62 bits per heavy atom. The van der Waals surface area contributed by atoms with Gasteiger partial charge >= 0.3 is 5.97 Å². The normalized spacial score (nSPS) is 17.4. The van der Waals surface area contributed by atoms with Crippen LogP contribution in [0.3, 0.4) is 0 Å². The van der Waals surface area contributed by atoms with Gasteiger partial charge in [-0.15, -0.1) is 0 Å². The summed E-state index contributed by atoms with van der Waals surface area (Å²) < 4.78 is 5.13. The summed E-state index contributed by atoms with van der Waals surface area (Å²) in [7, 11) is 0. The monoisotopic (exact) mass is 334 g/mol. The van der Waals surface area contributed by atoms with E-state index < -0.39 is 12.0 Å². The van der Waals surface area contributed by atoms with E-state index in [-0.39, 0.29) is 37.9 Å². The second-order valence-corrected chi connectivity index (χ2v) is 5.69.